The molecule has 0 aliphatic carbocycles. The van der Waals surface area contributed by atoms with Gasteiger partial charge in [0.2, 0.25) is 0 Å². The van der Waals surface area contributed by atoms with Gasteiger partial charge in [-0.3, -0.25) is 9.88 Å². The molecule has 2 aromatic rings. The van der Waals surface area contributed by atoms with Crippen LogP contribution in [0.4, 0.5) is 0 Å². The van der Waals surface area contributed by atoms with E-state index >= 15 is 0 Å². The first-order valence-electron chi connectivity index (χ1n) is 9.56. The second kappa shape index (κ2) is 7.47. The fourth-order valence-corrected chi connectivity index (χ4v) is 4.06. The number of likely N-dealkylation sites (tertiary alicyclic amines) is 1. The normalized spacial score (nSPS) is 22.3. The number of nitrogens with zero attached hydrogens (tertiary/aromatic N) is 2. The summed E-state index contributed by atoms with van der Waals surface area (Å²) in [5, 5.41) is 0. The summed E-state index contributed by atoms with van der Waals surface area (Å²) in [5.41, 5.74) is 4.74. The second-order valence-electron chi connectivity index (χ2n) is 7.86. The Hall–Kier alpha value is -1.75. The predicted octanol–water partition coefficient (Wildman–Crippen LogP) is 3.65. The van der Waals surface area contributed by atoms with Crippen LogP contribution in [0.2, 0.25) is 0 Å². The second-order valence-corrected chi connectivity index (χ2v) is 7.86. The highest BCUT2D eigenvalue weighted by molar-refractivity contribution is 5.22. The maximum Gasteiger partial charge on any atom is 0.0959 e. The number of pyridine rings is 1. The van der Waals surface area contributed by atoms with Crippen molar-refractivity contribution in [3.63, 3.8) is 0 Å². The summed E-state index contributed by atoms with van der Waals surface area (Å²) in [4.78, 5) is 7.00. The molecule has 3 heterocycles. The molecule has 0 amide bonds. The number of aryl methyl sites for hydroxylation is 2. The average molecular weight is 352 g/mol. The molecule has 4 nitrogen and oxygen atoms in total. The summed E-state index contributed by atoms with van der Waals surface area (Å²) in [5.74, 6) is 0. The molecule has 1 aromatic carbocycles. The van der Waals surface area contributed by atoms with Gasteiger partial charge < -0.3 is 9.47 Å². The van der Waals surface area contributed by atoms with E-state index in [-0.39, 0.29) is 11.7 Å². The van der Waals surface area contributed by atoms with E-state index in [0.29, 0.717) is 6.61 Å². The van der Waals surface area contributed by atoms with Gasteiger partial charge in [0, 0.05) is 38.4 Å². The number of rotatable bonds is 5. The van der Waals surface area contributed by atoms with Crippen molar-refractivity contribution in [1.29, 1.82) is 0 Å². The van der Waals surface area contributed by atoms with Crippen molar-refractivity contribution in [1.82, 2.24) is 9.88 Å². The van der Waals surface area contributed by atoms with Crippen LogP contribution < -0.4 is 0 Å². The van der Waals surface area contributed by atoms with Gasteiger partial charge in [0.1, 0.15) is 0 Å². The summed E-state index contributed by atoms with van der Waals surface area (Å²) in [6, 6.07) is 14.9. The van der Waals surface area contributed by atoms with E-state index in [1.807, 2.05) is 25.1 Å². The van der Waals surface area contributed by atoms with Crippen molar-refractivity contribution < 1.29 is 9.47 Å². The summed E-state index contributed by atoms with van der Waals surface area (Å²) in [7, 11) is 0. The lowest BCUT2D eigenvalue weighted by atomic mass is 9.84. The van der Waals surface area contributed by atoms with E-state index in [9.17, 15) is 0 Å². The summed E-state index contributed by atoms with van der Waals surface area (Å²) in [6.07, 6.45) is 2.24. The minimum Gasteiger partial charge on any atom is -0.372 e. The smallest absolute Gasteiger partial charge is 0.0959 e. The molecule has 26 heavy (non-hydrogen) atoms. The number of hydrogen-bond donors (Lipinski definition) is 0. The molecule has 0 unspecified atom stereocenters. The van der Waals surface area contributed by atoms with Crippen molar-refractivity contribution in [3.05, 3.63) is 65.0 Å². The lowest BCUT2D eigenvalue weighted by molar-refractivity contribution is -0.200. The molecule has 4 heteroatoms. The van der Waals surface area contributed by atoms with Crippen LogP contribution in [0.1, 0.15) is 35.4 Å². The number of benzene rings is 1. The minimum absolute atomic E-state index is 0.00630. The van der Waals surface area contributed by atoms with Crippen LogP contribution in [0.25, 0.3) is 0 Å². The lowest BCUT2D eigenvalue weighted by Crippen LogP contribution is -2.65. The first kappa shape index (κ1) is 17.7. The molecule has 0 radical (unpaired) electrons. The zero-order valence-electron chi connectivity index (χ0n) is 15.8. The highest BCUT2D eigenvalue weighted by Crippen LogP contribution is 2.36. The molecule has 2 fully saturated rings. The van der Waals surface area contributed by atoms with Crippen LogP contribution in [0.15, 0.2) is 42.5 Å². The van der Waals surface area contributed by atoms with Gasteiger partial charge in [-0.1, -0.05) is 35.9 Å². The van der Waals surface area contributed by atoms with Gasteiger partial charge in [-0.05, 0) is 38.0 Å². The molecule has 2 aliphatic rings. The van der Waals surface area contributed by atoms with E-state index in [1.165, 1.54) is 11.1 Å². The third kappa shape index (κ3) is 4.14. The Balaban J connectivity index is 1.27. The van der Waals surface area contributed by atoms with E-state index in [0.717, 1.165) is 50.5 Å². The third-order valence-electron chi connectivity index (χ3n) is 5.41. The van der Waals surface area contributed by atoms with E-state index in [1.54, 1.807) is 0 Å². The lowest BCUT2D eigenvalue weighted by Gasteiger charge is -2.53. The molecule has 0 saturated carbocycles. The first-order chi connectivity index (χ1) is 12.6. The fourth-order valence-electron chi connectivity index (χ4n) is 4.06. The maximum absolute atomic E-state index is 6.16. The topological polar surface area (TPSA) is 34.6 Å². The van der Waals surface area contributed by atoms with E-state index in [4.69, 9.17) is 9.47 Å². The van der Waals surface area contributed by atoms with Crippen molar-refractivity contribution in [2.24, 2.45) is 0 Å². The average Bonchev–Trinajstić information content (AvgIpc) is 2.61. The van der Waals surface area contributed by atoms with Crippen LogP contribution in [0.3, 0.4) is 0 Å². The molecular weight excluding hydrogens is 324 g/mol. The van der Waals surface area contributed by atoms with Gasteiger partial charge in [-0.25, -0.2) is 0 Å². The molecule has 2 aliphatic heterocycles. The SMILES string of the molecule is Cc1ccc(CN2CC3(C[C@@H](OCc4cccc(C)n4)CCO3)C2)cc1. The number of hydrogen-bond acceptors (Lipinski definition) is 4. The Labute approximate surface area is 156 Å². The van der Waals surface area contributed by atoms with Gasteiger partial charge in [0.15, 0.2) is 0 Å². The molecule has 2 saturated heterocycles. The fraction of sp³-hybridized carbons (Fsp3) is 0.500. The molecule has 1 spiro atoms. The molecule has 0 bridgehead atoms. The third-order valence-corrected chi connectivity index (χ3v) is 5.41. The van der Waals surface area contributed by atoms with Gasteiger partial charge in [-0.2, -0.15) is 0 Å². The van der Waals surface area contributed by atoms with E-state index in [2.05, 4.69) is 41.1 Å². The summed E-state index contributed by atoms with van der Waals surface area (Å²) in [6.45, 7) is 8.55. The first-order valence-corrected chi connectivity index (χ1v) is 9.56. The van der Waals surface area contributed by atoms with Crippen LogP contribution in [-0.2, 0) is 22.6 Å². The van der Waals surface area contributed by atoms with Gasteiger partial charge in [0.25, 0.3) is 0 Å². The minimum atomic E-state index is -0.00630. The maximum atomic E-state index is 6.16. The van der Waals surface area contributed by atoms with Gasteiger partial charge in [-0.15, -0.1) is 0 Å². The largest absolute Gasteiger partial charge is 0.372 e. The van der Waals surface area contributed by atoms with Crippen LogP contribution >= 0.6 is 0 Å². The Morgan fingerprint density at radius 2 is 1.96 bits per heavy atom. The predicted molar refractivity (Wildman–Crippen MR) is 102 cm³/mol. The quantitative estimate of drug-likeness (QED) is 0.823. The van der Waals surface area contributed by atoms with Crippen molar-refractivity contribution in [2.45, 2.75) is 51.5 Å². The molecule has 4 rings (SSSR count). The van der Waals surface area contributed by atoms with Gasteiger partial charge in [0.05, 0.1) is 24.0 Å². The number of aromatic nitrogens is 1. The Bertz CT molecular complexity index is 738. The van der Waals surface area contributed by atoms with Crippen molar-refractivity contribution in [2.75, 3.05) is 19.7 Å². The Kier molecular flexibility index (Phi) is 5.07. The zero-order valence-corrected chi connectivity index (χ0v) is 15.8. The van der Waals surface area contributed by atoms with Crippen LogP contribution in [0, 0.1) is 13.8 Å². The highest BCUT2D eigenvalue weighted by Gasteiger charge is 2.47. The monoisotopic (exact) mass is 352 g/mol. The zero-order chi connectivity index (χ0) is 18.0. The molecular formula is C22H28N2O2. The molecule has 1 atom stereocenters. The van der Waals surface area contributed by atoms with Crippen LogP contribution in [0.5, 0.6) is 0 Å². The summed E-state index contributed by atoms with van der Waals surface area (Å²) >= 11 is 0. The van der Waals surface area contributed by atoms with Gasteiger partial charge >= 0.3 is 0 Å². The Morgan fingerprint density at radius 3 is 2.73 bits per heavy atom. The number of ether oxygens (including phenoxy) is 2. The standard InChI is InChI=1S/C22H28N2O2/c1-17-6-8-19(9-7-17)13-24-15-22(16-24)12-21(10-11-26-22)25-14-20-5-3-4-18(2)23-20/h3-9,21H,10-16H2,1-2H3/t21-/m0/s1. The molecule has 138 valence electrons. The Morgan fingerprint density at radius 1 is 1.15 bits per heavy atom. The van der Waals surface area contributed by atoms with Crippen LogP contribution in [-0.4, -0.2) is 41.3 Å². The highest BCUT2D eigenvalue weighted by atomic mass is 16.5. The molecule has 1 aromatic heterocycles. The van der Waals surface area contributed by atoms with E-state index < -0.39 is 0 Å². The molecule has 0 N–H and O–H groups in total. The van der Waals surface area contributed by atoms with Crippen molar-refractivity contribution in [3.8, 4) is 0 Å². The van der Waals surface area contributed by atoms with Crippen molar-refractivity contribution >= 4 is 0 Å². The summed E-state index contributed by atoms with van der Waals surface area (Å²) < 4.78 is 12.3.